The maximum atomic E-state index is 12.4. The molecule has 168 valence electrons. The van der Waals surface area contributed by atoms with Gasteiger partial charge in [0.2, 0.25) is 5.91 Å². The highest BCUT2D eigenvalue weighted by Gasteiger charge is 2.27. The van der Waals surface area contributed by atoms with E-state index in [9.17, 15) is 18.0 Å². The Hall–Kier alpha value is -2.60. The molecule has 3 amide bonds. The van der Waals surface area contributed by atoms with Crippen LogP contribution in [0.25, 0.3) is 0 Å². The summed E-state index contributed by atoms with van der Waals surface area (Å²) in [5.41, 5.74) is 1.00. The molecule has 1 aliphatic heterocycles. The van der Waals surface area contributed by atoms with Crippen molar-refractivity contribution in [3.8, 4) is 6.07 Å². The number of nitrogens with one attached hydrogen (secondary N) is 2. The Bertz CT molecular complexity index is 910. The van der Waals surface area contributed by atoms with Crippen molar-refractivity contribution in [1.82, 2.24) is 15.5 Å². The number of nitrogens with zero attached hydrogens (tertiary/aromatic N) is 2. The number of carbonyl (C=O) groups excluding carboxylic acids is 2. The lowest BCUT2D eigenvalue weighted by Crippen LogP contribution is -2.52. The lowest BCUT2D eigenvalue weighted by atomic mass is 9.95. The van der Waals surface area contributed by atoms with Crippen molar-refractivity contribution in [3.63, 3.8) is 0 Å². The molecule has 0 radical (unpaired) electrons. The van der Waals surface area contributed by atoms with E-state index in [1.54, 1.807) is 29.2 Å². The molecule has 0 spiro atoms. The van der Waals surface area contributed by atoms with E-state index < -0.39 is 21.5 Å². The van der Waals surface area contributed by atoms with E-state index in [-0.39, 0.29) is 23.9 Å². The number of hydrogen-bond acceptors (Lipinski definition) is 5. The van der Waals surface area contributed by atoms with Crippen LogP contribution < -0.4 is 10.6 Å². The lowest BCUT2D eigenvalue weighted by Gasteiger charge is -2.34. The highest BCUT2D eigenvalue weighted by molar-refractivity contribution is 7.91. The molecule has 1 aromatic rings. The normalized spacial score (nSPS) is 18.2. The Kier molecular flexibility index (Phi) is 7.91. The van der Waals surface area contributed by atoms with Gasteiger partial charge in [-0.2, -0.15) is 5.26 Å². The van der Waals surface area contributed by atoms with Gasteiger partial charge in [-0.3, -0.25) is 4.79 Å². The summed E-state index contributed by atoms with van der Waals surface area (Å²) in [6.07, 6.45) is 6.85. The average Bonchev–Trinajstić information content (AvgIpc) is 2.74. The summed E-state index contributed by atoms with van der Waals surface area (Å²) in [6, 6.07) is 8.37. The van der Waals surface area contributed by atoms with Gasteiger partial charge < -0.3 is 15.5 Å². The molecule has 1 aliphatic carbocycles. The van der Waals surface area contributed by atoms with Crippen molar-refractivity contribution >= 4 is 21.8 Å². The molecule has 2 N–H and O–H groups in total. The molecular formula is C22H30N4O4S. The quantitative estimate of drug-likeness (QED) is 0.693. The third-order valence-corrected chi connectivity index (χ3v) is 7.38. The van der Waals surface area contributed by atoms with Crippen molar-refractivity contribution in [2.45, 2.75) is 62.8 Å². The molecule has 3 rings (SSSR count). The zero-order valence-corrected chi connectivity index (χ0v) is 18.5. The van der Waals surface area contributed by atoms with Crippen LogP contribution in [-0.4, -0.2) is 56.2 Å². The topological polar surface area (TPSA) is 119 Å². The van der Waals surface area contributed by atoms with Gasteiger partial charge in [0.05, 0.1) is 17.4 Å². The summed E-state index contributed by atoms with van der Waals surface area (Å²) in [6.45, 7) is 1.09. The smallest absolute Gasteiger partial charge is 0.317 e. The van der Waals surface area contributed by atoms with Crippen LogP contribution in [0.15, 0.2) is 24.3 Å². The molecular weight excluding hydrogens is 416 g/mol. The maximum Gasteiger partial charge on any atom is 0.317 e. The number of likely N-dealkylation sites (tertiary alicyclic amines) is 1. The third-order valence-electron chi connectivity index (χ3n) is 5.90. The molecule has 1 saturated heterocycles. The van der Waals surface area contributed by atoms with Gasteiger partial charge in [0.25, 0.3) is 0 Å². The minimum absolute atomic E-state index is 0.0401. The molecule has 1 aromatic carbocycles. The van der Waals surface area contributed by atoms with Crippen LogP contribution in [0.2, 0.25) is 0 Å². The minimum Gasteiger partial charge on any atom is -0.352 e. The molecule has 9 heteroatoms. The Labute approximate surface area is 183 Å². The Balaban J connectivity index is 1.40. The predicted molar refractivity (Wildman–Crippen MR) is 117 cm³/mol. The minimum atomic E-state index is -3.61. The first kappa shape index (κ1) is 23.1. The lowest BCUT2D eigenvalue weighted by molar-refractivity contribution is -0.119. The van der Waals surface area contributed by atoms with E-state index in [1.807, 2.05) is 6.07 Å². The first-order valence-corrected chi connectivity index (χ1v) is 12.7. The first-order chi connectivity index (χ1) is 14.8. The number of hydrogen-bond donors (Lipinski definition) is 2. The van der Waals surface area contributed by atoms with E-state index in [1.165, 1.54) is 6.42 Å². The average molecular weight is 447 g/mol. The summed E-state index contributed by atoms with van der Waals surface area (Å²) in [5.74, 6) is -1.33. The SMILES string of the molecule is N#Cc1ccc(CS(=O)(=O)CC(=O)NC2CCN(C(=O)NC3CCCCC3)CC2)cc1. The highest BCUT2D eigenvalue weighted by Crippen LogP contribution is 2.18. The highest BCUT2D eigenvalue weighted by atomic mass is 32.2. The van der Waals surface area contributed by atoms with E-state index in [0.717, 1.165) is 25.7 Å². The number of benzene rings is 1. The number of nitriles is 1. The fourth-order valence-corrected chi connectivity index (χ4v) is 5.47. The van der Waals surface area contributed by atoms with Crippen molar-refractivity contribution in [2.24, 2.45) is 0 Å². The van der Waals surface area contributed by atoms with E-state index in [0.29, 0.717) is 37.1 Å². The van der Waals surface area contributed by atoms with Gasteiger partial charge in [-0.25, -0.2) is 13.2 Å². The Morgan fingerprint density at radius 2 is 1.58 bits per heavy atom. The number of carbonyl (C=O) groups is 2. The molecule has 1 heterocycles. The zero-order chi connectivity index (χ0) is 22.3. The fourth-order valence-electron chi connectivity index (χ4n) is 4.19. The number of urea groups is 1. The van der Waals surface area contributed by atoms with Gasteiger partial charge >= 0.3 is 6.03 Å². The summed E-state index contributed by atoms with van der Waals surface area (Å²) in [4.78, 5) is 26.5. The summed E-state index contributed by atoms with van der Waals surface area (Å²) >= 11 is 0. The number of rotatable bonds is 6. The summed E-state index contributed by atoms with van der Waals surface area (Å²) < 4.78 is 24.7. The van der Waals surface area contributed by atoms with Crippen molar-refractivity contribution in [1.29, 1.82) is 5.26 Å². The van der Waals surface area contributed by atoms with Crippen LogP contribution in [0, 0.1) is 11.3 Å². The van der Waals surface area contributed by atoms with Crippen LogP contribution >= 0.6 is 0 Å². The molecule has 0 aromatic heterocycles. The molecule has 2 fully saturated rings. The van der Waals surface area contributed by atoms with E-state index in [4.69, 9.17) is 5.26 Å². The third kappa shape index (κ3) is 7.24. The first-order valence-electron chi connectivity index (χ1n) is 10.9. The van der Waals surface area contributed by atoms with Crippen LogP contribution in [0.4, 0.5) is 4.79 Å². The van der Waals surface area contributed by atoms with Gasteiger partial charge in [0.1, 0.15) is 5.75 Å². The molecule has 31 heavy (non-hydrogen) atoms. The van der Waals surface area contributed by atoms with E-state index >= 15 is 0 Å². The predicted octanol–water partition coefficient (Wildman–Crippen LogP) is 2.10. The van der Waals surface area contributed by atoms with Crippen LogP contribution in [-0.2, 0) is 20.4 Å². The molecule has 0 bridgehead atoms. The van der Waals surface area contributed by atoms with Gasteiger partial charge in [0, 0.05) is 25.2 Å². The van der Waals surface area contributed by atoms with Gasteiger partial charge in [-0.05, 0) is 43.4 Å². The monoisotopic (exact) mass is 446 g/mol. The maximum absolute atomic E-state index is 12.4. The number of piperidine rings is 1. The Morgan fingerprint density at radius 3 is 2.19 bits per heavy atom. The second kappa shape index (κ2) is 10.6. The van der Waals surface area contributed by atoms with Crippen molar-refractivity contribution < 1.29 is 18.0 Å². The van der Waals surface area contributed by atoms with Gasteiger partial charge in [-0.15, -0.1) is 0 Å². The molecule has 0 unspecified atom stereocenters. The van der Waals surface area contributed by atoms with Crippen molar-refractivity contribution in [3.05, 3.63) is 35.4 Å². The van der Waals surface area contributed by atoms with Crippen LogP contribution in [0.3, 0.4) is 0 Å². The van der Waals surface area contributed by atoms with Gasteiger partial charge in [0.15, 0.2) is 9.84 Å². The van der Waals surface area contributed by atoms with E-state index in [2.05, 4.69) is 10.6 Å². The largest absolute Gasteiger partial charge is 0.352 e. The second-order valence-electron chi connectivity index (χ2n) is 8.45. The fraction of sp³-hybridized carbons (Fsp3) is 0.591. The summed E-state index contributed by atoms with van der Waals surface area (Å²) in [5, 5.41) is 14.7. The number of amides is 3. The molecule has 1 saturated carbocycles. The van der Waals surface area contributed by atoms with Crippen LogP contribution in [0.5, 0.6) is 0 Å². The van der Waals surface area contributed by atoms with Crippen molar-refractivity contribution in [2.75, 3.05) is 18.8 Å². The molecule has 2 aliphatic rings. The van der Waals surface area contributed by atoms with Gasteiger partial charge in [-0.1, -0.05) is 31.4 Å². The zero-order valence-electron chi connectivity index (χ0n) is 17.7. The molecule has 8 nitrogen and oxygen atoms in total. The Morgan fingerprint density at radius 1 is 0.968 bits per heavy atom. The standard InChI is InChI=1S/C22H30N4O4S/c23-14-17-6-8-18(9-7-17)15-31(29,30)16-21(27)24-20-10-12-26(13-11-20)22(28)25-19-4-2-1-3-5-19/h6-9,19-20H,1-5,10-13,15-16H2,(H,24,27)(H,25,28). The summed E-state index contributed by atoms with van der Waals surface area (Å²) in [7, 11) is -3.61. The number of sulfone groups is 1. The second-order valence-corrected chi connectivity index (χ2v) is 10.5. The van der Waals surface area contributed by atoms with Crippen LogP contribution in [0.1, 0.15) is 56.1 Å². The molecule has 0 atom stereocenters.